The first-order valence-corrected chi connectivity index (χ1v) is 6.69. The van der Waals surface area contributed by atoms with E-state index in [1.807, 2.05) is 11.5 Å². The Labute approximate surface area is 118 Å². The Morgan fingerprint density at radius 3 is 3.00 bits per heavy atom. The largest absolute Gasteiger partial charge is 0.398 e. The van der Waals surface area contributed by atoms with Gasteiger partial charge >= 0.3 is 0 Å². The lowest BCUT2D eigenvalue weighted by Crippen LogP contribution is -2.25. The monoisotopic (exact) mass is 273 g/mol. The second-order valence-electron chi connectivity index (χ2n) is 4.54. The number of pyridine rings is 1. The van der Waals surface area contributed by atoms with Gasteiger partial charge in [0.1, 0.15) is 0 Å². The predicted octanol–water partition coefficient (Wildman–Crippen LogP) is 1.44. The van der Waals surface area contributed by atoms with Crippen LogP contribution in [-0.2, 0) is 11.3 Å². The molecule has 0 aliphatic carbocycles. The molecule has 0 aliphatic heterocycles. The molecule has 0 aliphatic rings. The summed E-state index contributed by atoms with van der Waals surface area (Å²) >= 11 is 0. The van der Waals surface area contributed by atoms with Gasteiger partial charge in [-0.15, -0.1) is 0 Å². The SMILES string of the molecule is CCCNC(=O)CCn1cncc1-c1cnccc1N. The maximum absolute atomic E-state index is 11.6. The van der Waals surface area contributed by atoms with Crippen molar-refractivity contribution in [3.63, 3.8) is 0 Å². The molecule has 0 spiro atoms. The topological polar surface area (TPSA) is 85.8 Å². The highest BCUT2D eigenvalue weighted by molar-refractivity contribution is 5.76. The maximum Gasteiger partial charge on any atom is 0.221 e. The van der Waals surface area contributed by atoms with Crippen LogP contribution in [0.1, 0.15) is 19.8 Å². The molecule has 20 heavy (non-hydrogen) atoms. The van der Waals surface area contributed by atoms with E-state index in [0.717, 1.165) is 17.7 Å². The summed E-state index contributed by atoms with van der Waals surface area (Å²) in [7, 11) is 0. The van der Waals surface area contributed by atoms with Crippen LogP contribution in [0, 0.1) is 0 Å². The number of imidazole rings is 1. The van der Waals surface area contributed by atoms with Gasteiger partial charge in [0, 0.05) is 43.2 Å². The predicted molar refractivity (Wildman–Crippen MR) is 77.8 cm³/mol. The van der Waals surface area contributed by atoms with Gasteiger partial charge in [-0.1, -0.05) is 6.92 Å². The Morgan fingerprint density at radius 1 is 1.40 bits per heavy atom. The van der Waals surface area contributed by atoms with Gasteiger partial charge in [-0.25, -0.2) is 4.98 Å². The van der Waals surface area contributed by atoms with E-state index in [9.17, 15) is 4.79 Å². The fourth-order valence-electron chi connectivity index (χ4n) is 1.92. The lowest BCUT2D eigenvalue weighted by atomic mass is 10.2. The van der Waals surface area contributed by atoms with Gasteiger partial charge in [-0.05, 0) is 12.5 Å². The number of nitrogens with zero attached hydrogens (tertiary/aromatic N) is 3. The fraction of sp³-hybridized carbons (Fsp3) is 0.357. The van der Waals surface area contributed by atoms with E-state index in [-0.39, 0.29) is 5.91 Å². The molecule has 2 aromatic rings. The van der Waals surface area contributed by atoms with Crippen molar-refractivity contribution in [2.75, 3.05) is 12.3 Å². The molecule has 0 aromatic carbocycles. The van der Waals surface area contributed by atoms with E-state index in [2.05, 4.69) is 15.3 Å². The van der Waals surface area contributed by atoms with Crippen molar-refractivity contribution < 1.29 is 4.79 Å². The number of aryl methyl sites for hydroxylation is 1. The number of hydrogen-bond donors (Lipinski definition) is 2. The number of aromatic nitrogens is 3. The number of hydrogen-bond acceptors (Lipinski definition) is 4. The summed E-state index contributed by atoms with van der Waals surface area (Å²) in [5.74, 6) is 0.0469. The zero-order valence-electron chi connectivity index (χ0n) is 11.5. The average Bonchev–Trinajstić information content (AvgIpc) is 2.91. The average molecular weight is 273 g/mol. The molecule has 0 saturated carbocycles. The van der Waals surface area contributed by atoms with Crippen LogP contribution in [-0.4, -0.2) is 27.0 Å². The molecule has 0 saturated heterocycles. The van der Waals surface area contributed by atoms with E-state index in [4.69, 9.17) is 5.73 Å². The molecule has 6 heteroatoms. The van der Waals surface area contributed by atoms with Crippen LogP contribution >= 0.6 is 0 Å². The zero-order valence-corrected chi connectivity index (χ0v) is 11.5. The van der Waals surface area contributed by atoms with Crippen LogP contribution in [0.25, 0.3) is 11.3 Å². The molecule has 0 atom stereocenters. The summed E-state index contributed by atoms with van der Waals surface area (Å²) in [6, 6.07) is 1.75. The standard InChI is InChI=1S/C14H19N5O/c1-2-5-18-14(20)4-7-19-10-17-9-13(19)11-8-16-6-3-12(11)15/h3,6,8-10H,2,4-5,7H2,1H3,(H2,15,16)(H,18,20). The molecule has 1 amide bonds. The summed E-state index contributed by atoms with van der Waals surface area (Å²) in [5.41, 5.74) is 8.30. The van der Waals surface area contributed by atoms with Gasteiger partial charge in [0.2, 0.25) is 5.91 Å². The lowest BCUT2D eigenvalue weighted by Gasteiger charge is -2.09. The number of nitrogens with two attached hydrogens (primary N) is 1. The Balaban J connectivity index is 2.06. The minimum Gasteiger partial charge on any atom is -0.398 e. The number of anilines is 1. The molecule has 0 bridgehead atoms. The second-order valence-corrected chi connectivity index (χ2v) is 4.54. The van der Waals surface area contributed by atoms with Crippen LogP contribution in [0.15, 0.2) is 31.0 Å². The Kier molecular flexibility index (Phi) is 4.70. The highest BCUT2D eigenvalue weighted by atomic mass is 16.1. The molecule has 6 nitrogen and oxygen atoms in total. The van der Waals surface area contributed by atoms with Crippen LogP contribution in [0.2, 0.25) is 0 Å². The molecule has 0 unspecified atom stereocenters. The van der Waals surface area contributed by atoms with Crippen molar-refractivity contribution in [2.24, 2.45) is 0 Å². The van der Waals surface area contributed by atoms with Gasteiger partial charge in [-0.2, -0.15) is 0 Å². The zero-order chi connectivity index (χ0) is 14.4. The molecule has 3 N–H and O–H groups in total. The lowest BCUT2D eigenvalue weighted by molar-refractivity contribution is -0.121. The van der Waals surface area contributed by atoms with Gasteiger partial charge in [0.15, 0.2) is 0 Å². The second kappa shape index (κ2) is 6.70. The van der Waals surface area contributed by atoms with Crippen molar-refractivity contribution in [3.8, 4) is 11.3 Å². The van der Waals surface area contributed by atoms with E-state index in [0.29, 0.717) is 25.2 Å². The highest BCUT2D eigenvalue weighted by Gasteiger charge is 2.09. The Bertz CT molecular complexity index is 578. The molecule has 2 rings (SSSR count). The number of amides is 1. The fourth-order valence-corrected chi connectivity index (χ4v) is 1.92. The van der Waals surface area contributed by atoms with E-state index < -0.39 is 0 Å². The third kappa shape index (κ3) is 3.34. The number of nitrogen functional groups attached to an aromatic ring is 1. The summed E-state index contributed by atoms with van der Waals surface area (Å²) in [6.45, 7) is 3.31. The summed E-state index contributed by atoms with van der Waals surface area (Å²) in [5, 5.41) is 2.86. The summed E-state index contributed by atoms with van der Waals surface area (Å²) in [4.78, 5) is 19.8. The molecule has 106 valence electrons. The maximum atomic E-state index is 11.6. The van der Waals surface area contributed by atoms with Gasteiger partial charge < -0.3 is 15.6 Å². The first kappa shape index (κ1) is 14.0. The molecular formula is C14H19N5O. The van der Waals surface area contributed by atoms with E-state index in [1.54, 1.807) is 31.0 Å². The van der Waals surface area contributed by atoms with Crippen molar-refractivity contribution in [2.45, 2.75) is 26.3 Å². The number of nitrogens with one attached hydrogen (secondary N) is 1. The number of carbonyl (C=O) groups is 1. The van der Waals surface area contributed by atoms with Gasteiger partial charge in [0.25, 0.3) is 0 Å². The molecule has 2 heterocycles. The third-order valence-corrected chi connectivity index (χ3v) is 2.99. The summed E-state index contributed by atoms with van der Waals surface area (Å²) < 4.78 is 1.92. The van der Waals surface area contributed by atoms with Crippen molar-refractivity contribution in [1.29, 1.82) is 0 Å². The highest BCUT2D eigenvalue weighted by Crippen LogP contribution is 2.24. The molecule has 2 aromatic heterocycles. The quantitative estimate of drug-likeness (QED) is 0.834. The van der Waals surface area contributed by atoms with Gasteiger partial charge in [-0.3, -0.25) is 9.78 Å². The number of rotatable bonds is 6. The van der Waals surface area contributed by atoms with Crippen LogP contribution in [0.5, 0.6) is 0 Å². The minimum atomic E-state index is 0.0469. The minimum absolute atomic E-state index is 0.0469. The first-order valence-electron chi connectivity index (χ1n) is 6.69. The smallest absolute Gasteiger partial charge is 0.221 e. The van der Waals surface area contributed by atoms with Crippen molar-refractivity contribution in [3.05, 3.63) is 31.0 Å². The first-order chi connectivity index (χ1) is 9.72. The van der Waals surface area contributed by atoms with Crippen molar-refractivity contribution in [1.82, 2.24) is 19.9 Å². The van der Waals surface area contributed by atoms with Gasteiger partial charge in [0.05, 0.1) is 18.2 Å². The Morgan fingerprint density at radius 2 is 2.25 bits per heavy atom. The van der Waals surface area contributed by atoms with Crippen LogP contribution in [0.3, 0.4) is 0 Å². The van der Waals surface area contributed by atoms with Crippen LogP contribution in [0.4, 0.5) is 5.69 Å². The number of carbonyl (C=O) groups excluding carboxylic acids is 1. The summed E-state index contributed by atoms with van der Waals surface area (Å²) in [6.07, 6.45) is 8.15. The normalized spacial score (nSPS) is 10.4. The molecule has 0 fully saturated rings. The van der Waals surface area contributed by atoms with Crippen LogP contribution < -0.4 is 11.1 Å². The molecule has 0 radical (unpaired) electrons. The third-order valence-electron chi connectivity index (χ3n) is 2.99. The van der Waals surface area contributed by atoms with E-state index in [1.165, 1.54) is 0 Å². The van der Waals surface area contributed by atoms with E-state index >= 15 is 0 Å². The van der Waals surface area contributed by atoms with Crippen molar-refractivity contribution >= 4 is 11.6 Å². The molecular weight excluding hydrogens is 254 g/mol. The Hall–Kier alpha value is -2.37.